The van der Waals surface area contributed by atoms with Crippen molar-refractivity contribution in [1.29, 1.82) is 0 Å². The van der Waals surface area contributed by atoms with E-state index in [-0.39, 0.29) is 30.0 Å². The summed E-state index contributed by atoms with van der Waals surface area (Å²) in [6.07, 6.45) is 2.05. The van der Waals surface area contributed by atoms with Crippen LogP contribution in [0.1, 0.15) is 37.6 Å². The SMILES string of the molecule is CCOC(=O)c1ccc(Nc2ncnc(NC(C)CC)c2[N+](=O)[O-])cc1. The Kier molecular flexibility index (Phi) is 6.42. The van der Waals surface area contributed by atoms with Gasteiger partial charge in [-0.1, -0.05) is 6.92 Å². The molecule has 0 aliphatic rings. The van der Waals surface area contributed by atoms with E-state index in [0.717, 1.165) is 6.42 Å². The third-order valence-corrected chi connectivity index (χ3v) is 3.66. The van der Waals surface area contributed by atoms with Crippen LogP contribution in [0.5, 0.6) is 0 Å². The normalized spacial score (nSPS) is 11.5. The molecule has 9 nitrogen and oxygen atoms in total. The van der Waals surface area contributed by atoms with Gasteiger partial charge in [0, 0.05) is 11.7 Å². The van der Waals surface area contributed by atoms with Crippen LogP contribution in [0, 0.1) is 10.1 Å². The number of aromatic nitrogens is 2. The summed E-state index contributed by atoms with van der Waals surface area (Å²) in [4.78, 5) is 30.6. The van der Waals surface area contributed by atoms with Gasteiger partial charge in [-0.2, -0.15) is 0 Å². The number of anilines is 3. The molecule has 1 aromatic heterocycles. The van der Waals surface area contributed by atoms with E-state index in [1.54, 1.807) is 31.2 Å². The highest BCUT2D eigenvalue weighted by Gasteiger charge is 2.24. The number of benzene rings is 1. The number of esters is 1. The van der Waals surface area contributed by atoms with Crippen molar-refractivity contribution in [2.24, 2.45) is 0 Å². The van der Waals surface area contributed by atoms with Crippen molar-refractivity contribution in [2.45, 2.75) is 33.2 Å². The number of rotatable bonds is 8. The molecule has 2 rings (SSSR count). The lowest BCUT2D eigenvalue weighted by atomic mass is 10.2. The maximum absolute atomic E-state index is 11.7. The first-order valence-electron chi connectivity index (χ1n) is 8.26. The Bertz CT molecular complexity index is 779. The molecule has 0 spiro atoms. The summed E-state index contributed by atoms with van der Waals surface area (Å²) >= 11 is 0. The minimum atomic E-state index is -0.528. The van der Waals surface area contributed by atoms with E-state index in [4.69, 9.17) is 4.74 Å². The maximum Gasteiger partial charge on any atom is 0.353 e. The zero-order valence-electron chi connectivity index (χ0n) is 14.9. The molecule has 2 aromatic rings. The number of hydrogen-bond donors (Lipinski definition) is 2. The third-order valence-electron chi connectivity index (χ3n) is 3.66. The van der Waals surface area contributed by atoms with Crippen molar-refractivity contribution in [3.63, 3.8) is 0 Å². The Morgan fingerprint density at radius 1 is 1.23 bits per heavy atom. The van der Waals surface area contributed by atoms with Gasteiger partial charge in [-0.3, -0.25) is 10.1 Å². The van der Waals surface area contributed by atoms with Gasteiger partial charge >= 0.3 is 11.7 Å². The number of hydrogen-bond acceptors (Lipinski definition) is 8. The molecule has 0 amide bonds. The summed E-state index contributed by atoms with van der Waals surface area (Å²) < 4.78 is 4.92. The Hall–Kier alpha value is -3.23. The fourth-order valence-corrected chi connectivity index (χ4v) is 2.13. The Balaban J connectivity index is 2.27. The molecule has 0 aliphatic heterocycles. The lowest BCUT2D eigenvalue weighted by molar-refractivity contribution is -0.383. The highest BCUT2D eigenvalue weighted by atomic mass is 16.6. The summed E-state index contributed by atoms with van der Waals surface area (Å²) in [6, 6.07) is 6.43. The van der Waals surface area contributed by atoms with E-state index in [1.165, 1.54) is 6.33 Å². The van der Waals surface area contributed by atoms with Crippen LogP contribution in [0.3, 0.4) is 0 Å². The van der Waals surface area contributed by atoms with Gasteiger partial charge in [-0.05, 0) is 44.5 Å². The monoisotopic (exact) mass is 359 g/mol. The van der Waals surface area contributed by atoms with Gasteiger partial charge < -0.3 is 15.4 Å². The molecule has 1 atom stereocenters. The molecule has 0 bridgehead atoms. The molecular weight excluding hydrogens is 338 g/mol. The first kappa shape index (κ1) is 19.1. The Labute approximate surface area is 151 Å². The quantitative estimate of drug-likeness (QED) is 0.417. The topological polar surface area (TPSA) is 119 Å². The molecule has 138 valence electrons. The van der Waals surface area contributed by atoms with E-state index >= 15 is 0 Å². The second kappa shape index (κ2) is 8.75. The molecule has 1 aromatic carbocycles. The minimum Gasteiger partial charge on any atom is -0.462 e. The molecule has 0 saturated heterocycles. The van der Waals surface area contributed by atoms with Crippen molar-refractivity contribution in [3.8, 4) is 0 Å². The number of carbonyl (C=O) groups is 1. The summed E-state index contributed by atoms with van der Waals surface area (Å²) in [7, 11) is 0. The van der Waals surface area contributed by atoms with Crippen LogP contribution < -0.4 is 10.6 Å². The first-order valence-corrected chi connectivity index (χ1v) is 8.26. The lowest BCUT2D eigenvalue weighted by Crippen LogP contribution is -2.16. The highest BCUT2D eigenvalue weighted by Crippen LogP contribution is 2.31. The van der Waals surface area contributed by atoms with Crippen molar-refractivity contribution < 1.29 is 14.5 Å². The van der Waals surface area contributed by atoms with Crippen LogP contribution in [-0.2, 0) is 4.74 Å². The number of nitrogens with one attached hydrogen (secondary N) is 2. The minimum absolute atomic E-state index is 0.0281. The Morgan fingerprint density at radius 3 is 2.46 bits per heavy atom. The molecule has 1 unspecified atom stereocenters. The van der Waals surface area contributed by atoms with Gasteiger partial charge in [-0.25, -0.2) is 14.8 Å². The molecule has 26 heavy (non-hydrogen) atoms. The second-order valence-corrected chi connectivity index (χ2v) is 5.55. The van der Waals surface area contributed by atoms with Gasteiger partial charge in [0.25, 0.3) is 0 Å². The number of ether oxygens (including phenoxy) is 1. The van der Waals surface area contributed by atoms with Gasteiger partial charge in [0.1, 0.15) is 6.33 Å². The Morgan fingerprint density at radius 2 is 1.88 bits per heavy atom. The molecule has 0 aliphatic carbocycles. The predicted molar refractivity (Wildman–Crippen MR) is 97.7 cm³/mol. The predicted octanol–water partition coefficient (Wildman–Crippen LogP) is 3.52. The third kappa shape index (κ3) is 4.65. The van der Waals surface area contributed by atoms with Crippen LogP contribution in [0.4, 0.5) is 23.0 Å². The number of nitro groups is 1. The van der Waals surface area contributed by atoms with Crippen LogP contribution in [0.2, 0.25) is 0 Å². The molecule has 2 N–H and O–H groups in total. The zero-order chi connectivity index (χ0) is 19.1. The van der Waals surface area contributed by atoms with Crippen molar-refractivity contribution in [3.05, 3.63) is 46.3 Å². The van der Waals surface area contributed by atoms with Gasteiger partial charge in [0.15, 0.2) is 0 Å². The van der Waals surface area contributed by atoms with E-state index in [9.17, 15) is 14.9 Å². The standard InChI is InChI=1S/C17H21N5O4/c1-4-11(3)20-15-14(22(24)25)16(19-10-18-15)21-13-8-6-12(7-9-13)17(23)26-5-2/h6-11H,4-5H2,1-3H3,(H2,18,19,20,21). The molecule has 0 radical (unpaired) electrons. The van der Waals surface area contributed by atoms with Crippen LogP contribution in [0.15, 0.2) is 30.6 Å². The van der Waals surface area contributed by atoms with E-state index < -0.39 is 10.9 Å². The highest BCUT2D eigenvalue weighted by molar-refractivity contribution is 5.90. The zero-order valence-corrected chi connectivity index (χ0v) is 14.9. The largest absolute Gasteiger partial charge is 0.462 e. The van der Waals surface area contributed by atoms with Gasteiger partial charge in [0.05, 0.1) is 17.1 Å². The average Bonchev–Trinajstić information content (AvgIpc) is 2.62. The lowest BCUT2D eigenvalue weighted by Gasteiger charge is -2.13. The van der Waals surface area contributed by atoms with E-state index in [0.29, 0.717) is 11.3 Å². The number of nitrogens with zero attached hydrogens (tertiary/aromatic N) is 3. The molecule has 0 saturated carbocycles. The molecular formula is C17H21N5O4. The van der Waals surface area contributed by atoms with Crippen molar-refractivity contribution in [2.75, 3.05) is 17.2 Å². The average molecular weight is 359 g/mol. The molecule has 0 fully saturated rings. The number of carbonyl (C=O) groups excluding carboxylic acids is 1. The van der Waals surface area contributed by atoms with Crippen LogP contribution >= 0.6 is 0 Å². The van der Waals surface area contributed by atoms with Gasteiger partial charge in [-0.15, -0.1) is 0 Å². The van der Waals surface area contributed by atoms with Crippen molar-refractivity contribution in [1.82, 2.24) is 9.97 Å². The van der Waals surface area contributed by atoms with Crippen LogP contribution in [-0.4, -0.2) is 33.5 Å². The first-order chi connectivity index (χ1) is 12.5. The van der Waals surface area contributed by atoms with Gasteiger partial charge in [0.2, 0.25) is 11.6 Å². The summed E-state index contributed by atoms with van der Waals surface area (Å²) in [6.45, 7) is 5.90. The summed E-state index contributed by atoms with van der Waals surface area (Å²) in [5.41, 5.74) is 0.713. The summed E-state index contributed by atoms with van der Waals surface area (Å²) in [5, 5.41) is 17.4. The fraction of sp³-hybridized carbons (Fsp3) is 0.353. The smallest absolute Gasteiger partial charge is 0.353 e. The van der Waals surface area contributed by atoms with E-state index in [1.807, 2.05) is 13.8 Å². The van der Waals surface area contributed by atoms with Crippen LogP contribution in [0.25, 0.3) is 0 Å². The summed E-state index contributed by atoms with van der Waals surface area (Å²) in [5.74, 6) is -0.197. The van der Waals surface area contributed by atoms with E-state index in [2.05, 4.69) is 20.6 Å². The fourth-order valence-electron chi connectivity index (χ4n) is 2.13. The van der Waals surface area contributed by atoms with Crippen molar-refractivity contribution >= 4 is 29.0 Å². The maximum atomic E-state index is 11.7. The molecule has 9 heteroatoms. The molecule has 1 heterocycles. The second-order valence-electron chi connectivity index (χ2n) is 5.55.